The summed E-state index contributed by atoms with van der Waals surface area (Å²) in [6, 6.07) is 65.8. The Hall–Kier alpha value is -14.9. The second-order valence-corrected chi connectivity index (χ2v) is 32.8. The lowest BCUT2D eigenvalue weighted by Crippen LogP contribution is -2.12. The van der Waals surface area contributed by atoms with Gasteiger partial charge in [-0.1, -0.05) is 123 Å². The maximum absolute atomic E-state index is 14.8. The minimum atomic E-state index is -4.50. The summed E-state index contributed by atoms with van der Waals surface area (Å²) in [5.41, 5.74) is 7.16. The van der Waals surface area contributed by atoms with Crippen LogP contribution >= 0.6 is 45.3 Å². The minimum Gasteiger partial charge on any atom is -0.508 e. The first-order valence-electron chi connectivity index (χ1n) is 38.6. The molecule has 29 heteroatoms. The van der Waals surface area contributed by atoms with Gasteiger partial charge in [-0.05, 0) is 221 Å². The third-order valence-corrected chi connectivity index (χ3v) is 23.8. The van der Waals surface area contributed by atoms with Crippen molar-refractivity contribution in [1.82, 2.24) is 4.98 Å². The standard InChI is InChI=1S/C26H21FO4S.C25H16F4O4S.C25H17F3O4S.C23H17NO4S/c1-15(2)18-5-3-4-6-19(18)26-24(20-12-13-21(28)23(27)25(20)32-26)31-17-10-7-16(8-11-17)9-14-22(29)30;26-16-5-4-15(13-25(27,28)29)20(11-16)24-23(19-9-6-17(30)12-21(19)34-24)33-18-7-1-14(2-8-18)3-10-22(31)32;26-25(27,28)14-16-3-1-2-4-19(16)24-23(20-11-8-17(29)13-21(20)33-24)32-18-9-5-15(6-10-18)7-12-22(30)31;1-14-18(3-2-12-24-14)23-22(19-10-7-16(25)13-20(19)29-23)28-17-8-4-15(5-9-17)6-11-21(26)27/h3-15,28H,1-2H3,(H,29,30);1-12,30H,13H2,(H,31,32);1-13,29H,14H2,(H,30,31);2-13,25H,1H3,(H,26,27)/b14-9+;10-3+;12-7+;11-6+. The van der Waals surface area contributed by atoms with Gasteiger partial charge < -0.3 is 59.8 Å². The van der Waals surface area contributed by atoms with Gasteiger partial charge in [-0.2, -0.15) is 26.3 Å². The van der Waals surface area contributed by atoms with Crippen molar-refractivity contribution in [3.05, 3.63) is 329 Å². The monoisotopic (exact) mass is 1810 g/mol. The fourth-order valence-corrected chi connectivity index (χ4v) is 18.2. The van der Waals surface area contributed by atoms with Crippen molar-refractivity contribution in [2.75, 3.05) is 0 Å². The number of phenolic OH excluding ortho intramolecular Hbond substituents is 4. The van der Waals surface area contributed by atoms with Crippen LogP contribution < -0.4 is 18.9 Å². The highest BCUT2D eigenvalue weighted by Gasteiger charge is 2.33. The van der Waals surface area contributed by atoms with Gasteiger partial charge in [0.15, 0.2) is 34.6 Å². The number of halogens is 8. The van der Waals surface area contributed by atoms with E-state index in [9.17, 15) is 74.7 Å². The lowest BCUT2D eigenvalue weighted by atomic mass is 9.96. The summed E-state index contributed by atoms with van der Waals surface area (Å²) in [5, 5.41) is 77.2. The van der Waals surface area contributed by atoms with E-state index in [1.807, 2.05) is 49.4 Å². The molecule has 5 heterocycles. The van der Waals surface area contributed by atoms with E-state index in [2.05, 4.69) is 18.8 Å². The Labute approximate surface area is 740 Å². The van der Waals surface area contributed by atoms with Crippen LogP contribution in [0.15, 0.2) is 273 Å². The van der Waals surface area contributed by atoms with Gasteiger partial charge in [-0.3, -0.25) is 4.98 Å². The number of fused-ring (bicyclic) bond motifs is 4. The Balaban J connectivity index is 0.000000146. The molecule has 0 atom stereocenters. The van der Waals surface area contributed by atoms with Crippen molar-refractivity contribution in [3.8, 4) is 111 Å². The number of ether oxygens (including phenoxy) is 4. The number of alkyl halides is 6. The molecule has 0 saturated carbocycles. The van der Waals surface area contributed by atoms with Crippen molar-refractivity contribution in [2.45, 2.75) is 51.9 Å². The molecule has 0 unspecified atom stereocenters. The summed E-state index contributed by atoms with van der Waals surface area (Å²) in [5.74, 6) is -1.68. The number of aliphatic carboxylic acids is 4. The van der Waals surface area contributed by atoms with Crippen molar-refractivity contribution >= 4 is 134 Å². The molecule has 0 aliphatic carbocycles. The van der Waals surface area contributed by atoms with E-state index in [0.29, 0.717) is 92.1 Å². The van der Waals surface area contributed by atoms with Gasteiger partial charge in [0.05, 0.1) is 37.1 Å². The topological polar surface area (TPSA) is 280 Å². The fraction of sp³-hybridized carbons (Fsp3) is 0.0808. The lowest BCUT2D eigenvalue weighted by Gasteiger charge is -2.14. The van der Waals surface area contributed by atoms with Gasteiger partial charge in [0, 0.05) is 83.0 Å². The maximum atomic E-state index is 14.8. The number of carboxylic acid groups (broad SMARTS) is 4. The van der Waals surface area contributed by atoms with Crippen LogP contribution in [0.2, 0.25) is 0 Å². The van der Waals surface area contributed by atoms with Crippen molar-refractivity contribution in [3.63, 3.8) is 0 Å². The normalized spacial score (nSPS) is 11.6. The average molecular weight is 1810 g/mol. The molecule has 16 rings (SSSR count). The van der Waals surface area contributed by atoms with Gasteiger partial charge in [0.25, 0.3) is 0 Å². The van der Waals surface area contributed by atoms with Crippen LogP contribution in [0.4, 0.5) is 35.1 Å². The predicted octanol–water partition coefficient (Wildman–Crippen LogP) is 28.0. The Morgan fingerprint density at radius 3 is 1.12 bits per heavy atom. The number of nitrogens with zero attached hydrogens (tertiary/aromatic N) is 1. The van der Waals surface area contributed by atoms with E-state index < -0.39 is 66.5 Å². The van der Waals surface area contributed by atoms with Crippen LogP contribution in [0, 0.1) is 18.6 Å². The summed E-state index contributed by atoms with van der Waals surface area (Å²) in [6.07, 6.45) is 0.589. The molecule has 17 nitrogen and oxygen atoms in total. The number of carboxylic acids is 4. The molecule has 11 aromatic carbocycles. The third-order valence-electron chi connectivity index (χ3n) is 19.1. The van der Waals surface area contributed by atoms with E-state index >= 15 is 0 Å². The van der Waals surface area contributed by atoms with Gasteiger partial charge in [-0.25, -0.2) is 28.0 Å². The van der Waals surface area contributed by atoms with Crippen molar-refractivity contribution in [1.29, 1.82) is 0 Å². The highest BCUT2D eigenvalue weighted by Crippen LogP contribution is 2.54. The third kappa shape index (κ3) is 23.2. The number of thiophene rings is 4. The quantitative estimate of drug-likeness (QED) is 0.0218. The zero-order valence-electron chi connectivity index (χ0n) is 67.2. The largest absolute Gasteiger partial charge is 0.508 e. The van der Waals surface area contributed by atoms with Gasteiger partial charge in [0.2, 0.25) is 0 Å². The number of benzene rings is 11. The maximum Gasteiger partial charge on any atom is 0.393 e. The van der Waals surface area contributed by atoms with Crippen LogP contribution in [0.1, 0.15) is 64.4 Å². The first kappa shape index (κ1) is 90.8. The number of phenols is 4. The number of aromatic nitrogens is 1. The molecule has 648 valence electrons. The first-order chi connectivity index (χ1) is 61.1. The Morgan fingerprint density at radius 1 is 0.383 bits per heavy atom. The smallest absolute Gasteiger partial charge is 0.393 e. The summed E-state index contributed by atoms with van der Waals surface area (Å²) >= 11 is 5.10. The molecule has 8 N–H and O–H groups in total. The van der Waals surface area contributed by atoms with E-state index in [-0.39, 0.29) is 50.5 Å². The number of carbonyl (C=O) groups is 4. The molecule has 0 bridgehead atoms. The molecular formula is C99H71F8NO16S4. The van der Waals surface area contributed by atoms with Crippen LogP contribution in [0.25, 0.3) is 106 Å². The van der Waals surface area contributed by atoms with Crippen LogP contribution in [-0.2, 0) is 32.0 Å². The van der Waals surface area contributed by atoms with Crippen LogP contribution in [0.3, 0.4) is 0 Å². The van der Waals surface area contributed by atoms with Gasteiger partial charge in [0.1, 0.15) is 46.1 Å². The molecule has 0 aliphatic heterocycles. The molecule has 16 aromatic rings. The van der Waals surface area contributed by atoms with Gasteiger partial charge in [-0.15, -0.1) is 45.3 Å². The van der Waals surface area contributed by atoms with Crippen molar-refractivity contribution in [2.24, 2.45) is 0 Å². The van der Waals surface area contributed by atoms with Crippen LogP contribution in [0.5, 0.6) is 69.0 Å². The Kier molecular flexibility index (Phi) is 28.3. The molecule has 0 aliphatic rings. The summed E-state index contributed by atoms with van der Waals surface area (Å²) in [6.45, 7) is 6.15. The molecule has 5 aromatic heterocycles. The van der Waals surface area contributed by atoms with Crippen LogP contribution in [-0.4, -0.2) is 82.1 Å². The van der Waals surface area contributed by atoms with Crippen molar-refractivity contribution < 1.29 is 114 Å². The van der Waals surface area contributed by atoms with E-state index in [1.54, 1.807) is 158 Å². The highest BCUT2D eigenvalue weighted by atomic mass is 32.1. The number of hydrogen-bond donors (Lipinski definition) is 8. The number of rotatable bonds is 23. The average Bonchev–Trinajstić information content (AvgIpc) is 1.63. The van der Waals surface area contributed by atoms with Gasteiger partial charge >= 0.3 is 36.2 Å². The van der Waals surface area contributed by atoms with E-state index in [4.69, 9.17) is 39.4 Å². The summed E-state index contributed by atoms with van der Waals surface area (Å²) in [7, 11) is 0. The number of pyridine rings is 1. The first-order valence-corrected chi connectivity index (χ1v) is 41.9. The zero-order chi connectivity index (χ0) is 91.3. The SMILES string of the molecule is CC(C)c1ccccc1-c1sc2c(F)c(O)ccc2c1Oc1ccc(/C=C/C(=O)O)cc1.Cc1ncccc1-c1sc2cc(O)ccc2c1Oc1ccc(/C=C/C(=O)O)cc1.O=C(O)/C=C/c1ccc(Oc2c(-c3cc(F)ccc3CC(F)(F)F)sc3cc(O)ccc23)cc1.O=C(O)/C=C/c1ccc(Oc2c(-c3ccccc3CC(F)(F)F)sc3cc(O)ccc23)cc1. The molecule has 0 fully saturated rings. The molecule has 0 radical (unpaired) electrons. The Morgan fingerprint density at radius 2 is 0.727 bits per heavy atom. The summed E-state index contributed by atoms with van der Waals surface area (Å²) < 4.78 is 135. The number of aromatic hydroxyl groups is 4. The molecule has 0 spiro atoms. The Bertz CT molecular complexity index is 6930. The molecule has 0 amide bonds. The molecule has 0 saturated heterocycles. The lowest BCUT2D eigenvalue weighted by molar-refractivity contribution is -0.132. The minimum absolute atomic E-state index is 0.0313. The summed E-state index contributed by atoms with van der Waals surface area (Å²) in [4.78, 5) is 49.7. The number of aryl methyl sites for hydroxylation is 1. The fourth-order valence-electron chi connectivity index (χ4n) is 13.3. The zero-order valence-corrected chi connectivity index (χ0v) is 70.5. The van der Waals surface area contributed by atoms with E-state index in [1.165, 1.54) is 88.6 Å². The highest BCUT2D eigenvalue weighted by molar-refractivity contribution is 7.24. The molecule has 128 heavy (non-hydrogen) atoms. The second kappa shape index (κ2) is 39.9. The predicted molar refractivity (Wildman–Crippen MR) is 485 cm³/mol. The van der Waals surface area contributed by atoms with E-state index in [0.717, 1.165) is 107 Å². The molecular weight excluding hydrogens is 1740 g/mol. The number of hydrogen-bond acceptors (Lipinski definition) is 17. The second-order valence-electron chi connectivity index (χ2n) is 28.6.